The number of benzene rings is 1. The Labute approximate surface area is 118 Å². The molecule has 2 rings (SSSR count). The van der Waals surface area contributed by atoms with Gasteiger partial charge in [0.25, 0.3) is 0 Å². The highest BCUT2D eigenvalue weighted by Crippen LogP contribution is 2.40. The van der Waals surface area contributed by atoms with Crippen LogP contribution in [-0.4, -0.2) is 42.8 Å². The Kier molecular flexibility index (Phi) is 4.73. The minimum atomic E-state index is -0.625. The lowest BCUT2D eigenvalue weighted by Crippen LogP contribution is -2.50. The van der Waals surface area contributed by atoms with Crippen molar-refractivity contribution in [3.8, 4) is 0 Å². The summed E-state index contributed by atoms with van der Waals surface area (Å²) >= 11 is 0. The SMILES string of the molecule is CC(C)(CO)[C@@H](c1c(F)cccc1F)N1CCNCC1. The molecular formula is C15H22F2N2O. The van der Waals surface area contributed by atoms with E-state index in [1.807, 2.05) is 18.7 Å². The van der Waals surface area contributed by atoms with Crippen molar-refractivity contribution < 1.29 is 13.9 Å². The Hall–Kier alpha value is -1.04. The summed E-state index contributed by atoms with van der Waals surface area (Å²) < 4.78 is 28.3. The van der Waals surface area contributed by atoms with Crippen LogP contribution in [0.4, 0.5) is 8.78 Å². The van der Waals surface area contributed by atoms with Gasteiger partial charge in [-0.25, -0.2) is 8.78 Å². The number of aliphatic hydroxyl groups is 1. The van der Waals surface area contributed by atoms with E-state index in [1.54, 1.807) is 0 Å². The van der Waals surface area contributed by atoms with Gasteiger partial charge in [0.15, 0.2) is 0 Å². The molecule has 1 aromatic carbocycles. The first-order valence-electron chi connectivity index (χ1n) is 6.97. The molecule has 0 saturated carbocycles. The van der Waals surface area contributed by atoms with E-state index in [2.05, 4.69) is 5.32 Å². The Morgan fingerprint density at radius 3 is 2.30 bits per heavy atom. The summed E-state index contributed by atoms with van der Waals surface area (Å²) in [7, 11) is 0. The molecule has 1 aliphatic heterocycles. The maximum atomic E-state index is 14.2. The zero-order valence-electron chi connectivity index (χ0n) is 12.0. The molecule has 0 aliphatic carbocycles. The Morgan fingerprint density at radius 1 is 1.25 bits per heavy atom. The van der Waals surface area contributed by atoms with Crippen molar-refractivity contribution >= 4 is 0 Å². The van der Waals surface area contributed by atoms with E-state index in [0.717, 1.165) is 13.1 Å². The third kappa shape index (κ3) is 3.00. The molecular weight excluding hydrogens is 262 g/mol. The molecule has 1 aromatic rings. The molecule has 0 amide bonds. The Balaban J connectivity index is 2.45. The first kappa shape index (κ1) is 15.4. The van der Waals surface area contributed by atoms with E-state index in [-0.39, 0.29) is 12.2 Å². The van der Waals surface area contributed by atoms with Crippen molar-refractivity contribution in [3.63, 3.8) is 0 Å². The molecule has 1 atom stereocenters. The first-order valence-corrected chi connectivity index (χ1v) is 6.97. The maximum absolute atomic E-state index is 14.2. The molecule has 1 aliphatic rings. The quantitative estimate of drug-likeness (QED) is 0.887. The highest BCUT2D eigenvalue weighted by atomic mass is 19.1. The standard InChI is InChI=1S/C15H22F2N2O/c1-15(2,10-20)14(19-8-6-18-7-9-19)13-11(16)4-3-5-12(13)17/h3-5,14,18,20H,6-10H2,1-2H3/t14-/m1/s1. The summed E-state index contributed by atoms with van der Waals surface area (Å²) in [6, 6.07) is 3.45. The molecule has 20 heavy (non-hydrogen) atoms. The third-order valence-electron chi connectivity index (χ3n) is 3.94. The van der Waals surface area contributed by atoms with Crippen LogP contribution in [0.25, 0.3) is 0 Å². The van der Waals surface area contributed by atoms with Gasteiger partial charge in [-0.15, -0.1) is 0 Å². The average molecular weight is 284 g/mol. The number of hydrogen-bond donors (Lipinski definition) is 2. The maximum Gasteiger partial charge on any atom is 0.130 e. The molecule has 0 bridgehead atoms. The predicted molar refractivity (Wildman–Crippen MR) is 74.4 cm³/mol. The Bertz CT molecular complexity index is 439. The van der Waals surface area contributed by atoms with E-state index in [9.17, 15) is 13.9 Å². The van der Waals surface area contributed by atoms with Gasteiger partial charge in [-0.1, -0.05) is 19.9 Å². The summed E-state index contributed by atoms with van der Waals surface area (Å²) in [4.78, 5) is 2.05. The van der Waals surface area contributed by atoms with Crippen molar-refractivity contribution in [2.24, 2.45) is 5.41 Å². The van der Waals surface area contributed by atoms with E-state index >= 15 is 0 Å². The molecule has 1 heterocycles. The lowest BCUT2D eigenvalue weighted by Gasteiger charge is -2.43. The summed E-state index contributed by atoms with van der Waals surface area (Å²) in [6.45, 7) is 6.54. The molecule has 3 nitrogen and oxygen atoms in total. The van der Waals surface area contributed by atoms with E-state index in [4.69, 9.17) is 0 Å². The molecule has 5 heteroatoms. The largest absolute Gasteiger partial charge is 0.396 e. The molecule has 0 unspecified atom stereocenters. The van der Waals surface area contributed by atoms with Gasteiger partial charge < -0.3 is 10.4 Å². The summed E-state index contributed by atoms with van der Waals surface area (Å²) in [6.07, 6.45) is 0. The molecule has 0 aromatic heterocycles. The second-order valence-corrected chi connectivity index (χ2v) is 5.97. The number of rotatable bonds is 4. The minimum Gasteiger partial charge on any atom is -0.396 e. The number of nitrogens with one attached hydrogen (secondary N) is 1. The van der Waals surface area contributed by atoms with E-state index in [1.165, 1.54) is 18.2 Å². The van der Waals surface area contributed by atoms with Gasteiger partial charge in [-0.05, 0) is 12.1 Å². The molecule has 112 valence electrons. The molecule has 0 spiro atoms. The van der Waals surface area contributed by atoms with E-state index in [0.29, 0.717) is 13.1 Å². The number of halogens is 2. The van der Waals surface area contributed by atoms with Gasteiger partial charge in [0.1, 0.15) is 11.6 Å². The minimum absolute atomic E-state index is 0.0634. The van der Waals surface area contributed by atoms with Gasteiger partial charge >= 0.3 is 0 Å². The smallest absolute Gasteiger partial charge is 0.130 e. The molecule has 1 fully saturated rings. The monoisotopic (exact) mass is 284 g/mol. The lowest BCUT2D eigenvalue weighted by atomic mass is 9.79. The fourth-order valence-corrected chi connectivity index (χ4v) is 2.87. The van der Waals surface area contributed by atoms with Gasteiger partial charge in [0.05, 0.1) is 0 Å². The predicted octanol–water partition coefficient (Wildman–Crippen LogP) is 1.93. The second kappa shape index (κ2) is 6.16. The summed E-state index contributed by atoms with van der Waals surface area (Å²) in [5.74, 6) is -1.09. The molecule has 0 radical (unpaired) electrons. The van der Waals surface area contributed by atoms with Gasteiger partial charge in [-0.3, -0.25) is 4.90 Å². The second-order valence-electron chi connectivity index (χ2n) is 5.97. The van der Waals surface area contributed by atoms with Gasteiger partial charge in [-0.2, -0.15) is 0 Å². The zero-order chi connectivity index (χ0) is 14.8. The van der Waals surface area contributed by atoms with Crippen LogP contribution < -0.4 is 5.32 Å². The number of hydrogen-bond acceptors (Lipinski definition) is 3. The average Bonchev–Trinajstić information content (AvgIpc) is 2.43. The molecule has 1 saturated heterocycles. The van der Waals surface area contributed by atoms with Gasteiger partial charge in [0, 0.05) is 49.8 Å². The summed E-state index contributed by atoms with van der Waals surface area (Å²) in [5.41, 5.74) is -0.561. The Morgan fingerprint density at radius 2 is 1.80 bits per heavy atom. The summed E-state index contributed by atoms with van der Waals surface area (Å²) in [5, 5.41) is 12.9. The van der Waals surface area contributed by atoms with Crippen LogP contribution in [0.3, 0.4) is 0 Å². The number of aliphatic hydroxyl groups excluding tert-OH is 1. The van der Waals surface area contributed by atoms with Crippen molar-refractivity contribution in [2.45, 2.75) is 19.9 Å². The van der Waals surface area contributed by atoms with Crippen molar-refractivity contribution in [1.29, 1.82) is 0 Å². The highest BCUT2D eigenvalue weighted by Gasteiger charge is 2.38. The zero-order valence-corrected chi connectivity index (χ0v) is 12.0. The van der Waals surface area contributed by atoms with Crippen LogP contribution >= 0.6 is 0 Å². The van der Waals surface area contributed by atoms with Crippen LogP contribution in [-0.2, 0) is 0 Å². The van der Waals surface area contributed by atoms with E-state index < -0.39 is 23.1 Å². The fourth-order valence-electron chi connectivity index (χ4n) is 2.87. The van der Waals surface area contributed by atoms with Gasteiger partial charge in [0.2, 0.25) is 0 Å². The van der Waals surface area contributed by atoms with Crippen molar-refractivity contribution in [2.75, 3.05) is 32.8 Å². The number of piperazine rings is 1. The van der Waals surface area contributed by atoms with Crippen molar-refractivity contribution in [3.05, 3.63) is 35.4 Å². The highest BCUT2D eigenvalue weighted by molar-refractivity contribution is 5.25. The van der Waals surface area contributed by atoms with Crippen LogP contribution in [0.15, 0.2) is 18.2 Å². The van der Waals surface area contributed by atoms with Crippen LogP contribution in [0.2, 0.25) is 0 Å². The van der Waals surface area contributed by atoms with Crippen LogP contribution in [0, 0.1) is 17.0 Å². The number of nitrogens with zero attached hydrogens (tertiary/aromatic N) is 1. The van der Waals surface area contributed by atoms with Crippen LogP contribution in [0.1, 0.15) is 25.5 Å². The van der Waals surface area contributed by atoms with Crippen LogP contribution in [0.5, 0.6) is 0 Å². The third-order valence-corrected chi connectivity index (χ3v) is 3.94. The topological polar surface area (TPSA) is 35.5 Å². The molecule has 2 N–H and O–H groups in total. The first-order chi connectivity index (χ1) is 9.47. The van der Waals surface area contributed by atoms with Crippen molar-refractivity contribution in [1.82, 2.24) is 10.2 Å². The normalized spacial score (nSPS) is 19.1. The lowest BCUT2D eigenvalue weighted by molar-refractivity contribution is 0.0266. The fraction of sp³-hybridized carbons (Fsp3) is 0.600.